The Morgan fingerprint density at radius 3 is 2.07 bits per heavy atom. The smallest absolute Gasteiger partial charge is 0.329 e. The third-order valence-corrected chi connectivity index (χ3v) is 4.16. The SMILES string of the molecule is C#CCOC(=O)C(CCCCNC(=O)c1ccccc1)NC(=O)c1ccccc1. The Morgan fingerprint density at radius 1 is 0.897 bits per heavy atom. The average Bonchev–Trinajstić information content (AvgIpc) is 2.77. The molecule has 0 heterocycles. The highest BCUT2D eigenvalue weighted by Gasteiger charge is 2.22. The van der Waals surface area contributed by atoms with Crippen molar-refractivity contribution in [2.24, 2.45) is 0 Å². The molecule has 0 aliphatic carbocycles. The molecule has 6 nitrogen and oxygen atoms in total. The number of carbonyl (C=O) groups is 3. The summed E-state index contributed by atoms with van der Waals surface area (Å²) in [5.74, 6) is 1.17. The van der Waals surface area contributed by atoms with Crippen molar-refractivity contribution in [2.75, 3.05) is 13.2 Å². The third kappa shape index (κ3) is 7.51. The Balaban J connectivity index is 1.82. The lowest BCUT2D eigenvalue weighted by atomic mass is 10.1. The molecule has 2 amide bonds. The standard InChI is InChI=1S/C23H24N2O4/c1-2-17-29-23(28)20(25-22(27)19-13-7-4-8-14-19)15-9-10-16-24-21(26)18-11-5-3-6-12-18/h1,3-8,11-14,20H,9-10,15-17H2,(H,24,26)(H,25,27). The number of amides is 2. The highest BCUT2D eigenvalue weighted by atomic mass is 16.5. The van der Waals surface area contributed by atoms with Gasteiger partial charge in [0, 0.05) is 17.7 Å². The van der Waals surface area contributed by atoms with E-state index in [0.717, 1.165) is 0 Å². The molecule has 2 aromatic rings. The van der Waals surface area contributed by atoms with Crippen LogP contribution in [0.15, 0.2) is 60.7 Å². The summed E-state index contributed by atoms with van der Waals surface area (Å²) in [6, 6.07) is 16.8. The topological polar surface area (TPSA) is 84.5 Å². The Labute approximate surface area is 170 Å². The second-order valence-corrected chi connectivity index (χ2v) is 6.32. The van der Waals surface area contributed by atoms with Crippen LogP contribution in [0.3, 0.4) is 0 Å². The van der Waals surface area contributed by atoms with Crippen molar-refractivity contribution < 1.29 is 19.1 Å². The largest absolute Gasteiger partial charge is 0.451 e. The van der Waals surface area contributed by atoms with Crippen LogP contribution in [0.4, 0.5) is 0 Å². The van der Waals surface area contributed by atoms with Gasteiger partial charge in [-0.3, -0.25) is 9.59 Å². The van der Waals surface area contributed by atoms with Crippen LogP contribution in [-0.2, 0) is 9.53 Å². The lowest BCUT2D eigenvalue weighted by molar-refractivity contribution is -0.144. The van der Waals surface area contributed by atoms with E-state index in [0.29, 0.717) is 36.9 Å². The van der Waals surface area contributed by atoms with Crippen LogP contribution in [0.25, 0.3) is 0 Å². The van der Waals surface area contributed by atoms with E-state index in [1.54, 1.807) is 54.6 Å². The molecule has 29 heavy (non-hydrogen) atoms. The van der Waals surface area contributed by atoms with Crippen LogP contribution >= 0.6 is 0 Å². The first-order valence-corrected chi connectivity index (χ1v) is 9.41. The van der Waals surface area contributed by atoms with Crippen molar-refractivity contribution >= 4 is 17.8 Å². The first kappa shape index (κ1) is 21.7. The van der Waals surface area contributed by atoms with E-state index in [4.69, 9.17) is 11.2 Å². The number of terminal acetylenes is 1. The van der Waals surface area contributed by atoms with Crippen molar-refractivity contribution in [3.63, 3.8) is 0 Å². The molecule has 0 bridgehead atoms. The van der Waals surface area contributed by atoms with Gasteiger partial charge < -0.3 is 15.4 Å². The van der Waals surface area contributed by atoms with Gasteiger partial charge in [-0.1, -0.05) is 42.3 Å². The number of benzene rings is 2. The van der Waals surface area contributed by atoms with Crippen molar-refractivity contribution in [1.29, 1.82) is 0 Å². The van der Waals surface area contributed by atoms with E-state index in [9.17, 15) is 14.4 Å². The van der Waals surface area contributed by atoms with Crippen molar-refractivity contribution in [2.45, 2.75) is 25.3 Å². The number of hydrogen-bond acceptors (Lipinski definition) is 4. The minimum atomic E-state index is -0.805. The molecule has 0 aromatic heterocycles. The average molecular weight is 392 g/mol. The first-order valence-electron chi connectivity index (χ1n) is 9.41. The van der Waals surface area contributed by atoms with Gasteiger partial charge in [-0.05, 0) is 43.5 Å². The molecule has 1 unspecified atom stereocenters. The molecule has 0 radical (unpaired) electrons. The summed E-state index contributed by atoms with van der Waals surface area (Å²) in [6.45, 7) is 0.316. The van der Waals surface area contributed by atoms with Gasteiger partial charge in [-0.15, -0.1) is 6.42 Å². The number of unbranched alkanes of at least 4 members (excludes halogenated alkanes) is 1. The predicted molar refractivity (Wildman–Crippen MR) is 110 cm³/mol. The number of nitrogens with one attached hydrogen (secondary N) is 2. The molecule has 0 aliphatic heterocycles. The van der Waals surface area contributed by atoms with Crippen LogP contribution in [0.2, 0.25) is 0 Å². The molecule has 2 N–H and O–H groups in total. The van der Waals surface area contributed by atoms with Crippen molar-refractivity contribution in [3.8, 4) is 12.3 Å². The fraction of sp³-hybridized carbons (Fsp3) is 0.261. The molecular weight excluding hydrogens is 368 g/mol. The summed E-state index contributed by atoms with van der Waals surface area (Å²) >= 11 is 0. The van der Waals surface area contributed by atoms with Crippen LogP contribution in [0.1, 0.15) is 40.0 Å². The van der Waals surface area contributed by atoms with Crippen LogP contribution < -0.4 is 10.6 Å². The molecule has 0 saturated carbocycles. The van der Waals surface area contributed by atoms with Gasteiger partial charge in [-0.25, -0.2) is 4.79 Å². The minimum absolute atomic E-state index is 0.145. The number of hydrogen-bond donors (Lipinski definition) is 2. The quantitative estimate of drug-likeness (QED) is 0.370. The first-order chi connectivity index (χ1) is 14.1. The number of rotatable bonds is 10. The molecule has 2 rings (SSSR count). The number of carbonyl (C=O) groups excluding carboxylic acids is 3. The summed E-state index contributed by atoms with van der Waals surface area (Å²) in [5.41, 5.74) is 1.05. The Kier molecular flexibility index (Phi) is 8.97. The maximum Gasteiger partial charge on any atom is 0.329 e. The summed E-state index contributed by atoms with van der Waals surface area (Å²) in [5, 5.41) is 5.53. The van der Waals surface area contributed by atoms with Gasteiger partial charge in [0.05, 0.1) is 0 Å². The molecule has 0 fully saturated rings. The second kappa shape index (κ2) is 12.0. The molecule has 0 aliphatic rings. The van der Waals surface area contributed by atoms with Crippen LogP contribution in [-0.4, -0.2) is 37.0 Å². The van der Waals surface area contributed by atoms with E-state index in [-0.39, 0.29) is 18.4 Å². The molecule has 1 atom stereocenters. The van der Waals surface area contributed by atoms with Crippen molar-refractivity contribution in [1.82, 2.24) is 10.6 Å². The van der Waals surface area contributed by atoms with Gasteiger partial charge in [0.25, 0.3) is 11.8 Å². The fourth-order valence-electron chi connectivity index (χ4n) is 2.66. The maximum absolute atomic E-state index is 12.4. The van der Waals surface area contributed by atoms with Gasteiger partial charge in [0.1, 0.15) is 6.04 Å². The van der Waals surface area contributed by atoms with Crippen LogP contribution in [0, 0.1) is 12.3 Å². The number of esters is 1. The second-order valence-electron chi connectivity index (χ2n) is 6.32. The Morgan fingerprint density at radius 2 is 1.48 bits per heavy atom. The zero-order chi connectivity index (χ0) is 20.9. The summed E-state index contributed by atoms with van der Waals surface area (Å²) in [7, 11) is 0. The van der Waals surface area contributed by atoms with Crippen LogP contribution in [0.5, 0.6) is 0 Å². The Bertz CT molecular complexity index is 844. The maximum atomic E-state index is 12.4. The monoisotopic (exact) mass is 392 g/mol. The van der Waals surface area contributed by atoms with Gasteiger partial charge in [0.15, 0.2) is 6.61 Å². The van der Waals surface area contributed by atoms with E-state index in [1.165, 1.54) is 0 Å². The molecule has 0 spiro atoms. The van der Waals surface area contributed by atoms with Gasteiger partial charge >= 0.3 is 5.97 Å². The fourth-order valence-corrected chi connectivity index (χ4v) is 2.66. The van der Waals surface area contributed by atoms with Gasteiger partial charge in [0.2, 0.25) is 0 Å². The Hall–Kier alpha value is -3.59. The molecule has 150 valence electrons. The molecule has 0 saturated heterocycles. The highest BCUT2D eigenvalue weighted by Crippen LogP contribution is 2.06. The highest BCUT2D eigenvalue weighted by molar-refractivity contribution is 5.96. The molecule has 2 aromatic carbocycles. The molecule has 6 heteroatoms. The molecular formula is C23H24N2O4. The summed E-state index contributed by atoms with van der Waals surface area (Å²) in [6.07, 6.45) is 6.77. The predicted octanol–water partition coefficient (Wildman–Crippen LogP) is 2.56. The van der Waals surface area contributed by atoms with E-state index in [1.807, 2.05) is 6.07 Å². The summed E-state index contributed by atoms with van der Waals surface area (Å²) < 4.78 is 4.98. The van der Waals surface area contributed by atoms with Crippen molar-refractivity contribution in [3.05, 3.63) is 71.8 Å². The van der Waals surface area contributed by atoms with Gasteiger partial charge in [-0.2, -0.15) is 0 Å². The lowest BCUT2D eigenvalue weighted by Gasteiger charge is -2.17. The lowest BCUT2D eigenvalue weighted by Crippen LogP contribution is -2.42. The zero-order valence-corrected chi connectivity index (χ0v) is 16.1. The normalized spacial score (nSPS) is 11.0. The summed E-state index contributed by atoms with van der Waals surface area (Å²) in [4.78, 5) is 36.6. The zero-order valence-electron chi connectivity index (χ0n) is 16.1. The minimum Gasteiger partial charge on any atom is -0.451 e. The van der Waals surface area contributed by atoms with E-state index < -0.39 is 12.0 Å². The van der Waals surface area contributed by atoms with E-state index in [2.05, 4.69) is 16.6 Å². The van der Waals surface area contributed by atoms with E-state index >= 15 is 0 Å². The number of ether oxygens (including phenoxy) is 1. The third-order valence-electron chi connectivity index (χ3n) is 4.16.